The van der Waals surface area contributed by atoms with Gasteiger partial charge in [-0.15, -0.1) is 0 Å². The first-order valence-corrected chi connectivity index (χ1v) is 9.82. The Kier molecular flexibility index (Phi) is 6.99. The van der Waals surface area contributed by atoms with Crippen LogP contribution in [0.25, 0.3) is 0 Å². The Balaban J connectivity index is 2.30. The molecule has 0 radical (unpaired) electrons. The second kappa shape index (κ2) is 9.65. The molecular weight excluding hydrogens is 346 g/mol. The molecule has 0 fully saturated rings. The smallest absolute Gasteiger partial charge is 0.0973 e. The van der Waals surface area contributed by atoms with Crippen LogP contribution >= 0.6 is 0 Å². The van der Waals surface area contributed by atoms with Crippen molar-refractivity contribution in [1.82, 2.24) is 4.90 Å². The molecule has 3 aromatic rings. The fourth-order valence-corrected chi connectivity index (χ4v) is 4.04. The molecule has 146 valence electrons. The Morgan fingerprint density at radius 2 is 1.18 bits per heavy atom. The molecule has 3 heteroatoms. The summed E-state index contributed by atoms with van der Waals surface area (Å²) in [6.07, 6.45) is -0.254. The van der Waals surface area contributed by atoms with Crippen LogP contribution in [0.5, 0.6) is 0 Å². The SMILES string of the molecule is CCN(CC(CO)OC)C(c1ccccc1)(c1ccccc1)c1ccccc1. The topological polar surface area (TPSA) is 32.7 Å². The van der Waals surface area contributed by atoms with Crippen molar-refractivity contribution in [3.8, 4) is 0 Å². The number of likely N-dealkylation sites (N-methyl/N-ethyl adjacent to an activating group) is 1. The maximum Gasteiger partial charge on any atom is 0.0973 e. The van der Waals surface area contributed by atoms with Gasteiger partial charge in [0.2, 0.25) is 0 Å². The molecule has 0 saturated heterocycles. The average Bonchev–Trinajstić information content (AvgIpc) is 2.78. The van der Waals surface area contributed by atoms with Gasteiger partial charge in [-0.2, -0.15) is 0 Å². The molecule has 1 unspecified atom stereocenters. The zero-order valence-electron chi connectivity index (χ0n) is 16.7. The van der Waals surface area contributed by atoms with Crippen LogP contribution in [-0.2, 0) is 10.3 Å². The van der Waals surface area contributed by atoms with Crippen LogP contribution in [0.3, 0.4) is 0 Å². The van der Waals surface area contributed by atoms with E-state index in [1.165, 1.54) is 16.7 Å². The van der Waals surface area contributed by atoms with E-state index in [9.17, 15) is 5.11 Å². The van der Waals surface area contributed by atoms with E-state index in [0.29, 0.717) is 6.54 Å². The van der Waals surface area contributed by atoms with Crippen LogP contribution in [0.15, 0.2) is 91.0 Å². The van der Waals surface area contributed by atoms with Gasteiger partial charge in [0, 0.05) is 13.7 Å². The van der Waals surface area contributed by atoms with E-state index >= 15 is 0 Å². The van der Waals surface area contributed by atoms with Crippen LogP contribution in [-0.4, -0.2) is 42.9 Å². The minimum Gasteiger partial charge on any atom is -0.394 e. The highest BCUT2D eigenvalue weighted by atomic mass is 16.5. The highest BCUT2D eigenvalue weighted by Crippen LogP contribution is 2.42. The number of nitrogens with zero attached hydrogens (tertiary/aromatic N) is 1. The zero-order valence-corrected chi connectivity index (χ0v) is 16.7. The van der Waals surface area contributed by atoms with E-state index in [1.54, 1.807) is 7.11 Å². The van der Waals surface area contributed by atoms with Gasteiger partial charge in [0.25, 0.3) is 0 Å². The normalized spacial score (nSPS) is 12.9. The molecular formula is C25H29NO2. The molecule has 0 spiro atoms. The molecule has 0 amide bonds. The van der Waals surface area contributed by atoms with Crippen LogP contribution in [0.2, 0.25) is 0 Å². The van der Waals surface area contributed by atoms with Gasteiger partial charge < -0.3 is 9.84 Å². The van der Waals surface area contributed by atoms with Crippen LogP contribution in [0.4, 0.5) is 0 Å². The first kappa shape index (κ1) is 20.3. The molecule has 0 bridgehead atoms. The minimum absolute atomic E-state index is 0.0125. The standard InChI is InChI=1S/C25H29NO2/c1-3-26(19-24(20-27)28-2)25(21-13-7-4-8-14-21,22-15-9-5-10-16-22)23-17-11-6-12-18-23/h4-18,24,27H,3,19-20H2,1-2H3. The molecule has 1 N–H and O–H groups in total. The van der Waals surface area contributed by atoms with Gasteiger partial charge in [-0.1, -0.05) is 97.9 Å². The van der Waals surface area contributed by atoms with E-state index in [0.717, 1.165) is 6.54 Å². The van der Waals surface area contributed by atoms with E-state index < -0.39 is 5.54 Å². The summed E-state index contributed by atoms with van der Waals surface area (Å²) in [5.74, 6) is 0. The molecule has 1 atom stereocenters. The number of rotatable bonds is 9. The number of ether oxygens (including phenoxy) is 1. The van der Waals surface area contributed by atoms with Crippen molar-refractivity contribution in [2.75, 3.05) is 26.8 Å². The summed E-state index contributed by atoms with van der Waals surface area (Å²) in [4.78, 5) is 2.40. The van der Waals surface area contributed by atoms with Crippen molar-refractivity contribution in [2.45, 2.75) is 18.6 Å². The lowest BCUT2D eigenvalue weighted by Gasteiger charge is -2.46. The van der Waals surface area contributed by atoms with Crippen molar-refractivity contribution in [1.29, 1.82) is 0 Å². The highest BCUT2D eigenvalue weighted by Gasteiger charge is 2.42. The summed E-state index contributed by atoms with van der Waals surface area (Å²) in [5.41, 5.74) is 3.11. The quantitative estimate of drug-likeness (QED) is 0.566. The number of methoxy groups -OCH3 is 1. The van der Waals surface area contributed by atoms with Crippen LogP contribution < -0.4 is 0 Å². The van der Waals surface area contributed by atoms with E-state index in [1.807, 2.05) is 18.2 Å². The zero-order chi connectivity index (χ0) is 19.8. The molecule has 0 aliphatic heterocycles. The second-order valence-electron chi connectivity index (χ2n) is 6.89. The number of hydrogen-bond donors (Lipinski definition) is 1. The molecule has 28 heavy (non-hydrogen) atoms. The Morgan fingerprint density at radius 3 is 1.46 bits per heavy atom. The highest BCUT2D eigenvalue weighted by molar-refractivity contribution is 5.49. The molecule has 3 aromatic carbocycles. The third kappa shape index (κ3) is 3.88. The Bertz CT molecular complexity index is 720. The Morgan fingerprint density at radius 1 is 0.786 bits per heavy atom. The van der Waals surface area contributed by atoms with E-state index in [2.05, 4.69) is 84.6 Å². The number of benzene rings is 3. The second-order valence-corrected chi connectivity index (χ2v) is 6.89. The lowest BCUT2D eigenvalue weighted by Crippen LogP contribution is -2.51. The molecule has 0 aliphatic carbocycles. The fourth-order valence-electron chi connectivity index (χ4n) is 4.04. The monoisotopic (exact) mass is 375 g/mol. The first-order valence-electron chi connectivity index (χ1n) is 9.82. The van der Waals surface area contributed by atoms with Gasteiger partial charge in [0.1, 0.15) is 0 Å². The van der Waals surface area contributed by atoms with Crippen molar-refractivity contribution in [3.05, 3.63) is 108 Å². The molecule has 3 rings (SSSR count). The summed E-state index contributed by atoms with van der Waals surface area (Å²) >= 11 is 0. The van der Waals surface area contributed by atoms with Crippen molar-refractivity contribution >= 4 is 0 Å². The molecule has 3 nitrogen and oxygen atoms in total. The lowest BCUT2D eigenvalue weighted by atomic mass is 9.75. The minimum atomic E-state index is -0.482. The molecule has 0 heterocycles. The third-order valence-electron chi connectivity index (χ3n) is 5.39. The summed E-state index contributed by atoms with van der Waals surface area (Å²) in [6.45, 7) is 3.57. The van der Waals surface area contributed by atoms with E-state index in [4.69, 9.17) is 4.74 Å². The maximum atomic E-state index is 9.80. The number of hydrogen-bond acceptors (Lipinski definition) is 3. The Hall–Kier alpha value is -2.46. The third-order valence-corrected chi connectivity index (χ3v) is 5.39. The fraction of sp³-hybridized carbons (Fsp3) is 0.280. The van der Waals surface area contributed by atoms with Gasteiger partial charge in [-0.3, -0.25) is 4.90 Å². The van der Waals surface area contributed by atoms with Gasteiger partial charge in [0.05, 0.1) is 18.2 Å². The van der Waals surface area contributed by atoms with Crippen molar-refractivity contribution in [2.24, 2.45) is 0 Å². The summed E-state index contributed by atoms with van der Waals surface area (Å²) < 4.78 is 5.54. The molecule has 0 saturated carbocycles. The summed E-state index contributed by atoms with van der Waals surface area (Å²) in [6, 6.07) is 31.8. The van der Waals surface area contributed by atoms with Gasteiger partial charge >= 0.3 is 0 Å². The summed E-state index contributed by atoms with van der Waals surface area (Å²) in [5, 5.41) is 9.80. The van der Waals surface area contributed by atoms with Gasteiger partial charge in [-0.05, 0) is 23.2 Å². The van der Waals surface area contributed by atoms with Crippen LogP contribution in [0, 0.1) is 0 Å². The van der Waals surface area contributed by atoms with Crippen molar-refractivity contribution in [3.63, 3.8) is 0 Å². The molecule has 0 aromatic heterocycles. The first-order chi connectivity index (χ1) is 13.8. The largest absolute Gasteiger partial charge is 0.394 e. The van der Waals surface area contributed by atoms with Gasteiger partial charge in [0.15, 0.2) is 0 Å². The van der Waals surface area contributed by atoms with Crippen LogP contribution in [0.1, 0.15) is 23.6 Å². The predicted molar refractivity (Wildman–Crippen MR) is 114 cm³/mol. The number of aliphatic hydroxyl groups is 1. The summed E-state index contributed by atoms with van der Waals surface area (Å²) in [7, 11) is 1.66. The predicted octanol–water partition coefficient (Wildman–Crippen LogP) is 4.31. The molecule has 0 aliphatic rings. The number of aliphatic hydroxyl groups excluding tert-OH is 1. The average molecular weight is 376 g/mol. The van der Waals surface area contributed by atoms with Gasteiger partial charge in [-0.25, -0.2) is 0 Å². The van der Waals surface area contributed by atoms with E-state index in [-0.39, 0.29) is 12.7 Å². The lowest BCUT2D eigenvalue weighted by molar-refractivity contribution is 0.00482. The Labute approximate surface area is 168 Å². The van der Waals surface area contributed by atoms with Crippen molar-refractivity contribution < 1.29 is 9.84 Å². The maximum absolute atomic E-state index is 9.80.